The van der Waals surface area contributed by atoms with Gasteiger partial charge in [-0.15, -0.1) is 0 Å². The van der Waals surface area contributed by atoms with Gasteiger partial charge in [-0.2, -0.15) is 0 Å². The molecule has 2 nitrogen and oxygen atoms in total. The number of halogens is 2. The zero-order valence-electron chi connectivity index (χ0n) is 12.0. The highest BCUT2D eigenvalue weighted by Gasteiger charge is 2.32. The largest absolute Gasteiger partial charge is 0.508 e. The molecule has 0 saturated carbocycles. The van der Waals surface area contributed by atoms with Crippen LogP contribution in [0.2, 0.25) is 0 Å². The molecule has 21 heavy (non-hydrogen) atoms. The number of hydrogen-bond donors (Lipinski definition) is 2. The van der Waals surface area contributed by atoms with Gasteiger partial charge in [-0.05, 0) is 70.6 Å². The average Bonchev–Trinajstić information content (AvgIpc) is 2.76. The van der Waals surface area contributed by atoms with Crippen LogP contribution in [-0.2, 0) is 0 Å². The first kappa shape index (κ1) is 14.4. The van der Waals surface area contributed by atoms with Crippen LogP contribution in [0.15, 0.2) is 34.8 Å². The highest BCUT2D eigenvalue weighted by molar-refractivity contribution is 9.10. The minimum atomic E-state index is -0.278. The van der Waals surface area contributed by atoms with Crippen molar-refractivity contribution in [3.63, 3.8) is 0 Å². The summed E-state index contributed by atoms with van der Waals surface area (Å²) in [5.41, 5.74) is 4.26. The smallest absolute Gasteiger partial charge is 0.137 e. The summed E-state index contributed by atoms with van der Waals surface area (Å²) >= 11 is 3.20. The Balaban J connectivity index is 1.96. The number of benzene rings is 2. The molecule has 3 rings (SSSR count). The maximum Gasteiger partial charge on any atom is 0.137 e. The van der Waals surface area contributed by atoms with Crippen LogP contribution >= 0.6 is 15.9 Å². The molecule has 0 aliphatic heterocycles. The molecule has 2 aromatic rings. The second-order valence-electron chi connectivity index (χ2n) is 5.69. The van der Waals surface area contributed by atoms with Crippen molar-refractivity contribution in [1.82, 2.24) is 0 Å². The van der Waals surface area contributed by atoms with Crippen LogP contribution in [0.1, 0.15) is 42.0 Å². The first-order chi connectivity index (χ1) is 9.97. The van der Waals surface area contributed by atoms with Gasteiger partial charge < -0.3 is 10.4 Å². The molecule has 0 amide bonds. The molecule has 1 aliphatic carbocycles. The monoisotopic (exact) mass is 349 g/mol. The second-order valence-corrected chi connectivity index (χ2v) is 6.55. The number of rotatable bonds is 2. The number of aromatic hydroxyl groups is 1. The molecular weight excluding hydrogens is 333 g/mol. The predicted octanol–water partition coefficient (Wildman–Crippen LogP) is 5.26. The van der Waals surface area contributed by atoms with Crippen molar-refractivity contribution >= 4 is 21.6 Å². The first-order valence-corrected chi connectivity index (χ1v) is 7.80. The fourth-order valence-corrected chi connectivity index (χ4v) is 3.64. The van der Waals surface area contributed by atoms with Crippen molar-refractivity contribution in [2.24, 2.45) is 0 Å². The molecule has 0 aromatic heterocycles. The Bertz CT molecular complexity index is 701. The number of aryl methyl sites for hydroxylation is 1. The van der Waals surface area contributed by atoms with Crippen LogP contribution < -0.4 is 5.32 Å². The van der Waals surface area contributed by atoms with Gasteiger partial charge in [0.05, 0.1) is 10.5 Å². The van der Waals surface area contributed by atoms with E-state index in [0.717, 1.165) is 17.7 Å². The molecule has 0 heterocycles. The number of phenolic OH excluding ortho intramolecular Hbond substituents is 1. The van der Waals surface area contributed by atoms with Crippen LogP contribution in [0.25, 0.3) is 0 Å². The van der Waals surface area contributed by atoms with Gasteiger partial charge in [0.15, 0.2) is 0 Å². The van der Waals surface area contributed by atoms with E-state index >= 15 is 0 Å². The summed E-state index contributed by atoms with van der Waals surface area (Å²) in [6.07, 6.45) is 0.919. The van der Waals surface area contributed by atoms with Gasteiger partial charge in [-0.25, -0.2) is 4.39 Å². The van der Waals surface area contributed by atoms with Crippen molar-refractivity contribution in [2.75, 3.05) is 5.32 Å². The number of phenols is 1. The van der Waals surface area contributed by atoms with Crippen LogP contribution in [0, 0.1) is 12.7 Å². The summed E-state index contributed by atoms with van der Waals surface area (Å²) in [6.45, 7) is 4.25. The molecule has 0 spiro atoms. The fraction of sp³-hybridized carbons (Fsp3) is 0.294. The first-order valence-electron chi connectivity index (χ1n) is 7.01. The lowest BCUT2D eigenvalue weighted by atomic mass is 9.97. The summed E-state index contributed by atoms with van der Waals surface area (Å²) < 4.78 is 13.8. The quantitative estimate of drug-likeness (QED) is 0.774. The van der Waals surface area contributed by atoms with E-state index in [-0.39, 0.29) is 11.9 Å². The van der Waals surface area contributed by atoms with E-state index in [0.29, 0.717) is 16.1 Å². The minimum Gasteiger partial charge on any atom is -0.508 e. The maximum absolute atomic E-state index is 13.3. The molecule has 2 atom stereocenters. The Kier molecular flexibility index (Phi) is 3.66. The van der Waals surface area contributed by atoms with E-state index in [2.05, 4.69) is 35.1 Å². The average molecular weight is 350 g/mol. The molecule has 0 fully saturated rings. The van der Waals surface area contributed by atoms with Gasteiger partial charge in [0, 0.05) is 11.3 Å². The van der Waals surface area contributed by atoms with E-state index in [1.807, 2.05) is 6.07 Å². The zero-order valence-corrected chi connectivity index (χ0v) is 13.5. The summed E-state index contributed by atoms with van der Waals surface area (Å²) in [5.74, 6) is 0.451. The topological polar surface area (TPSA) is 32.3 Å². The highest BCUT2D eigenvalue weighted by atomic mass is 79.9. The molecule has 2 N–H and O–H groups in total. The fourth-order valence-electron chi connectivity index (χ4n) is 3.26. The van der Waals surface area contributed by atoms with Crippen molar-refractivity contribution in [2.45, 2.75) is 32.2 Å². The Morgan fingerprint density at radius 1 is 1.24 bits per heavy atom. The predicted molar refractivity (Wildman–Crippen MR) is 86.3 cm³/mol. The van der Waals surface area contributed by atoms with Crippen LogP contribution in [0.4, 0.5) is 10.1 Å². The van der Waals surface area contributed by atoms with Crippen LogP contribution in [0.5, 0.6) is 5.75 Å². The lowest BCUT2D eigenvalue weighted by molar-refractivity contribution is 0.465. The molecule has 1 aliphatic rings. The number of nitrogens with one attached hydrogen (secondary N) is 1. The molecule has 2 aromatic carbocycles. The molecule has 2 unspecified atom stereocenters. The lowest BCUT2D eigenvalue weighted by Crippen LogP contribution is -2.07. The van der Waals surface area contributed by atoms with Gasteiger partial charge in [0.2, 0.25) is 0 Å². The lowest BCUT2D eigenvalue weighted by Gasteiger charge is -2.17. The third-order valence-corrected chi connectivity index (χ3v) is 4.78. The van der Waals surface area contributed by atoms with E-state index < -0.39 is 0 Å². The minimum absolute atomic E-state index is 0.0484. The molecular formula is C17H17BrFNO. The molecule has 0 radical (unpaired) electrons. The summed E-state index contributed by atoms with van der Waals surface area (Å²) in [4.78, 5) is 0. The summed E-state index contributed by atoms with van der Waals surface area (Å²) in [5, 5.41) is 13.6. The summed E-state index contributed by atoms with van der Waals surface area (Å²) in [7, 11) is 0. The van der Waals surface area contributed by atoms with Crippen molar-refractivity contribution in [3.8, 4) is 5.75 Å². The SMILES string of the molecule is Cc1ccc(O)c2c1C(C)CC2Nc1ccc(F)c(Br)c1. The van der Waals surface area contributed by atoms with Gasteiger partial charge in [0.25, 0.3) is 0 Å². The van der Waals surface area contributed by atoms with Gasteiger partial charge in [-0.1, -0.05) is 13.0 Å². The maximum atomic E-state index is 13.3. The van der Waals surface area contributed by atoms with E-state index in [4.69, 9.17) is 0 Å². The van der Waals surface area contributed by atoms with E-state index in [9.17, 15) is 9.50 Å². The van der Waals surface area contributed by atoms with E-state index in [1.54, 1.807) is 18.2 Å². The van der Waals surface area contributed by atoms with Gasteiger partial charge in [-0.3, -0.25) is 0 Å². The second kappa shape index (κ2) is 5.34. The molecule has 0 saturated heterocycles. The number of fused-ring (bicyclic) bond motifs is 1. The van der Waals surface area contributed by atoms with Crippen molar-refractivity contribution in [3.05, 3.63) is 57.3 Å². The zero-order chi connectivity index (χ0) is 15.1. The van der Waals surface area contributed by atoms with Gasteiger partial charge >= 0.3 is 0 Å². The Morgan fingerprint density at radius 2 is 2.00 bits per heavy atom. The van der Waals surface area contributed by atoms with Crippen molar-refractivity contribution < 1.29 is 9.50 Å². The molecule has 4 heteroatoms. The third kappa shape index (κ3) is 2.53. The summed E-state index contributed by atoms with van der Waals surface area (Å²) in [6, 6.07) is 8.64. The molecule has 110 valence electrons. The van der Waals surface area contributed by atoms with E-state index in [1.165, 1.54) is 17.2 Å². The Morgan fingerprint density at radius 3 is 2.71 bits per heavy atom. The Hall–Kier alpha value is -1.55. The van der Waals surface area contributed by atoms with Gasteiger partial charge in [0.1, 0.15) is 11.6 Å². The molecule has 0 bridgehead atoms. The number of hydrogen-bond acceptors (Lipinski definition) is 2. The van der Waals surface area contributed by atoms with Crippen LogP contribution in [-0.4, -0.2) is 5.11 Å². The normalized spacial score (nSPS) is 20.4. The standard InChI is InChI=1S/C17H17BrFNO/c1-9-3-6-15(21)17-14(7-10(2)16(9)17)20-11-4-5-13(19)12(18)8-11/h3-6,8,10,14,20-21H,7H2,1-2H3. The Labute approximate surface area is 132 Å². The third-order valence-electron chi connectivity index (χ3n) is 4.17. The number of anilines is 1. The van der Waals surface area contributed by atoms with Crippen LogP contribution in [0.3, 0.4) is 0 Å². The van der Waals surface area contributed by atoms with Crippen molar-refractivity contribution in [1.29, 1.82) is 0 Å². The highest BCUT2D eigenvalue weighted by Crippen LogP contribution is 2.47.